The van der Waals surface area contributed by atoms with Gasteiger partial charge in [0.2, 0.25) is 0 Å². The topological polar surface area (TPSA) is 68.8 Å². The number of halogens is 1. The van der Waals surface area contributed by atoms with Crippen LogP contribution in [0.15, 0.2) is 75.7 Å². The molecule has 1 aliphatic rings. The average molecular weight is 559 g/mol. The summed E-state index contributed by atoms with van der Waals surface area (Å²) in [6.07, 6.45) is 1.86. The van der Waals surface area contributed by atoms with Crippen molar-refractivity contribution in [2.75, 3.05) is 25.6 Å². The van der Waals surface area contributed by atoms with Gasteiger partial charge in [-0.1, -0.05) is 23.5 Å². The fraction of sp³-hybridized carbons (Fsp3) is 0.258. The Kier molecular flexibility index (Phi) is 7.33. The molecular formula is C31H31FN4O3S. The first kappa shape index (κ1) is 27.3. The number of benzene rings is 2. The summed E-state index contributed by atoms with van der Waals surface area (Å²) >= 11 is 1.29. The van der Waals surface area contributed by atoms with Crippen molar-refractivity contribution in [3.63, 3.8) is 0 Å². The van der Waals surface area contributed by atoms with E-state index in [1.165, 1.54) is 23.5 Å². The Morgan fingerprint density at radius 1 is 1.10 bits per heavy atom. The Morgan fingerprint density at radius 3 is 2.40 bits per heavy atom. The van der Waals surface area contributed by atoms with Crippen LogP contribution in [-0.2, 0) is 9.53 Å². The largest absolute Gasteiger partial charge is 0.463 e. The number of hydrogen-bond acceptors (Lipinski definition) is 6. The Morgan fingerprint density at radius 2 is 1.77 bits per heavy atom. The molecule has 1 aliphatic heterocycles. The summed E-state index contributed by atoms with van der Waals surface area (Å²) in [5.41, 5.74) is 6.06. The maximum absolute atomic E-state index is 14.0. The molecule has 2 aromatic heterocycles. The first-order chi connectivity index (χ1) is 19.1. The fourth-order valence-electron chi connectivity index (χ4n) is 5.12. The Balaban J connectivity index is 1.67. The average Bonchev–Trinajstić information content (AvgIpc) is 3.38. The number of rotatable bonds is 6. The number of carbonyl (C=O) groups is 1. The number of hydrogen-bond donors (Lipinski definition) is 0. The second-order valence-electron chi connectivity index (χ2n) is 9.93. The maximum atomic E-state index is 14.0. The number of allylic oxidation sites excluding steroid dienone is 1. The lowest BCUT2D eigenvalue weighted by atomic mass is 9.95. The molecule has 1 atom stereocenters. The van der Waals surface area contributed by atoms with Crippen molar-refractivity contribution in [1.82, 2.24) is 9.13 Å². The van der Waals surface area contributed by atoms with Crippen LogP contribution >= 0.6 is 11.3 Å². The molecule has 0 saturated heterocycles. The van der Waals surface area contributed by atoms with Crippen molar-refractivity contribution in [2.24, 2.45) is 4.99 Å². The standard InChI is InChI=1S/C31H31FN4O3S/c1-7-39-30(38)27-19(3)33-31-36(28(27)21-8-12-24(13-9-21)34(5)6)29(37)26(40-31)17-22-16-18(2)35(20(22)4)25-14-10-23(32)11-15-25/h8-17,28H,7H2,1-6H3/b26-17+/t28-/m1/s1. The first-order valence-electron chi connectivity index (χ1n) is 13.0. The van der Waals surface area contributed by atoms with E-state index in [-0.39, 0.29) is 18.0 Å². The van der Waals surface area contributed by atoms with Crippen LogP contribution in [0.5, 0.6) is 0 Å². The molecule has 0 aliphatic carbocycles. The van der Waals surface area contributed by atoms with Gasteiger partial charge in [-0.3, -0.25) is 9.36 Å². The molecule has 40 heavy (non-hydrogen) atoms. The van der Waals surface area contributed by atoms with Gasteiger partial charge in [-0.2, -0.15) is 0 Å². The Bertz CT molecular complexity index is 1810. The monoisotopic (exact) mass is 558 g/mol. The third-order valence-electron chi connectivity index (χ3n) is 7.08. The SMILES string of the molecule is CCOC(=O)C1=C(C)N=c2s/c(=C/c3cc(C)n(-c4ccc(F)cc4)c3C)c(=O)n2[C@@H]1c1ccc(N(C)C)cc1. The molecule has 0 N–H and O–H groups in total. The number of fused-ring (bicyclic) bond motifs is 1. The minimum Gasteiger partial charge on any atom is -0.463 e. The molecule has 7 nitrogen and oxygen atoms in total. The molecule has 0 saturated carbocycles. The summed E-state index contributed by atoms with van der Waals surface area (Å²) in [4.78, 5) is 34.3. The lowest BCUT2D eigenvalue weighted by molar-refractivity contribution is -0.139. The van der Waals surface area contributed by atoms with Crippen LogP contribution in [0.25, 0.3) is 11.8 Å². The zero-order chi connectivity index (χ0) is 28.7. The second kappa shape index (κ2) is 10.7. The van der Waals surface area contributed by atoms with Gasteiger partial charge in [0.05, 0.1) is 28.5 Å². The van der Waals surface area contributed by atoms with Gasteiger partial charge in [0.25, 0.3) is 5.56 Å². The van der Waals surface area contributed by atoms with Gasteiger partial charge in [-0.15, -0.1) is 0 Å². The second-order valence-corrected chi connectivity index (χ2v) is 10.9. The number of esters is 1. The predicted molar refractivity (Wildman–Crippen MR) is 156 cm³/mol. The van der Waals surface area contributed by atoms with E-state index in [1.54, 1.807) is 30.5 Å². The summed E-state index contributed by atoms with van der Waals surface area (Å²) in [7, 11) is 3.92. The number of aromatic nitrogens is 2. The number of nitrogens with zero attached hydrogens (tertiary/aromatic N) is 4. The molecule has 0 bridgehead atoms. The predicted octanol–water partition coefficient (Wildman–Crippen LogP) is 4.41. The molecule has 0 fully saturated rings. The van der Waals surface area contributed by atoms with Crippen LogP contribution in [0.1, 0.15) is 42.4 Å². The molecule has 0 amide bonds. The minimum absolute atomic E-state index is 0.218. The summed E-state index contributed by atoms with van der Waals surface area (Å²) in [5, 5.41) is 0. The van der Waals surface area contributed by atoms with E-state index < -0.39 is 12.0 Å². The van der Waals surface area contributed by atoms with Crippen LogP contribution in [0, 0.1) is 19.7 Å². The zero-order valence-corrected chi connectivity index (χ0v) is 24.2. The van der Waals surface area contributed by atoms with Crippen LogP contribution in [-0.4, -0.2) is 35.8 Å². The van der Waals surface area contributed by atoms with Gasteiger partial charge in [0.1, 0.15) is 5.82 Å². The maximum Gasteiger partial charge on any atom is 0.338 e. The van der Waals surface area contributed by atoms with E-state index in [1.807, 2.05) is 73.8 Å². The summed E-state index contributed by atoms with van der Waals surface area (Å²) < 4.78 is 23.0. The lowest BCUT2D eigenvalue weighted by Gasteiger charge is -2.25. The van der Waals surface area contributed by atoms with E-state index in [9.17, 15) is 14.0 Å². The van der Waals surface area contributed by atoms with Gasteiger partial charge < -0.3 is 14.2 Å². The fourth-order valence-corrected chi connectivity index (χ4v) is 6.16. The van der Waals surface area contributed by atoms with Gasteiger partial charge in [-0.25, -0.2) is 14.2 Å². The molecule has 2 aromatic carbocycles. The van der Waals surface area contributed by atoms with E-state index >= 15 is 0 Å². The van der Waals surface area contributed by atoms with Crippen molar-refractivity contribution in [1.29, 1.82) is 0 Å². The van der Waals surface area contributed by atoms with Crippen molar-refractivity contribution in [3.8, 4) is 5.69 Å². The molecule has 9 heteroatoms. The summed E-state index contributed by atoms with van der Waals surface area (Å²) in [6, 6.07) is 15.5. The highest BCUT2D eigenvalue weighted by atomic mass is 32.1. The van der Waals surface area contributed by atoms with Gasteiger partial charge in [0, 0.05) is 36.9 Å². The summed E-state index contributed by atoms with van der Waals surface area (Å²) in [5.74, 6) is -0.779. The Labute approximate surface area is 235 Å². The van der Waals surface area contributed by atoms with Gasteiger partial charge in [-0.05, 0) is 87.4 Å². The number of anilines is 1. The van der Waals surface area contributed by atoms with E-state index in [2.05, 4.69) is 4.99 Å². The van der Waals surface area contributed by atoms with Crippen LogP contribution in [0.2, 0.25) is 0 Å². The highest BCUT2D eigenvalue weighted by Gasteiger charge is 2.33. The molecule has 5 rings (SSSR count). The number of thiazole rings is 1. The number of ether oxygens (including phenoxy) is 1. The molecular weight excluding hydrogens is 527 g/mol. The third-order valence-corrected chi connectivity index (χ3v) is 8.07. The van der Waals surface area contributed by atoms with Crippen molar-refractivity contribution >= 4 is 29.1 Å². The first-order valence-corrected chi connectivity index (χ1v) is 13.8. The Hall–Kier alpha value is -4.24. The number of aryl methyl sites for hydroxylation is 1. The highest BCUT2D eigenvalue weighted by Crippen LogP contribution is 2.31. The van der Waals surface area contributed by atoms with Crippen LogP contribution in [0.3, 0.4) is 0 Å². The van der Waals surface area contributed by atoms with E-state index in [0.29, 0.717) is 20.6 Å². The normalized spacial score (nSPS) is 15.2. The van der Waals surface area contributed by atoms with E-state index in [0.717, 1.165) is 33.9 Å². The molecule has 4 aromatic rings. The molecule has 0 unspecified atom stereocenters. The van der Waals surface area contributed by atoms with Gasteiger partial charge in [0.15, 0.2) is 4.80 Å². The molecule has 206 valence electrons. The minimum atomic E-state index is -0.666. The highest BCUT2D eigenvalue weighted by molar-refractivity contribution is 7.07. The van der Waals surface area contributed by atoms with Gasteiger partial charge >= 0.3 is 5.97 Å². The zero-order valence-electron chi connectivity index (χ0n) is 23.4. The van der Waals surface area contributed by atoms with Crippen molar-refractivity contribution in [2.45, 2.75) is 33.7 Å². The smallest absolute Gasteiger partial charge is 0.338 e. The molecule has 3 heterocycles. The third kappa shape index (κ3) is 4.81. The quantitative estimate of drug-likeness (QED) is 0.329. The van der Waals surface area contributed by atoms with Crippen molar-refractivity contribution < 1.29 is 13.9 Å². The van der Waals surface area contributed by atoms with Crippen LogP contribution < -0.4 is 19.8 Å². The molecule has 0 spiro atoms. The number of carbonyl (C=O) groups excluding carboxylic acids is 1. The molecule has 0 radical (unpaired) electrons. The van der Waals surface area contributed by atoms with E-state index in [4.69, 9.17) is 4.74 Å². The van der Waals surface area contributed by atoms with Crippen molar-refractivity contribution in [3.05, 3.63) is 114 Å². The van der Waals surface area contributed by atoms with Crippen LogP contribution in [0.4, 0.5) is 10.1 Å². The lowest BCUT2D eigenvalue weighted by Crippen LogP contribution is -2.40. The summed E-state index contributed by atoms with van der Waals surface area (Å²) in [6.45, 7) is 7.70.